The first-order chi connectivity index (χ1) is 14.0. The minimum absolute atomic E-state index is 0.00730. The van der Waals surface area contributed by atoms with Gasteiger partial charge in [-0.2, -0.15) is 0 Å². The second-order valence-electron chi connectivity index (χ2n) is 7.10. The Kier molecular flexibility index (Phi) is 7.06. The van der Waals surface area contributed by atoms with Crippen LogP contribution in [0.15, 0.2) is 42.5 Å². The predicted molar refractivity (Wildman–Crippen MR) is 106 cm³/mol. The smallest absolute Gasteiger partial charge is 0.172 e. The van der Waals surface area contributed by atoms with E-state index in [1.54, 1.807) is 30.3 Å². The summed E-state index contributed by atoms with van der Waals surface area (Å²) in [5.41, 5.74) is 0.422. The average Bonchev–Trinajstić information content (AvgIpc) is 3.14. The number of ether oxygens (including phenoxy) is 3. The Morgan fingerprint density at radius 3 is 2.72 bits per heavy atom. The van der Waals surface area contributed by atoms with Gasteiger partial charge in [-0.25, -0.2) is 4.39 Å². The van der Waals surface area contributed by atoms with Crippen molar-refractivity contribution in [3.63, 3.8) is 0 Å². The Balaban J connectivity index is 1.50. The summed E-state index contributed by atoms with van der Waals surface area (Å²) in [5, 5.41) is 10.4. The number of para-hydroxylation sites is 1. The van der Waals surface area contributed by atoms with E-state index in [-0.39, 0.29) is 24.3 Å². The Bertz CT molecular complexity index is 826. The van der Waals surface area contributed by atoms with Gasteiger partial charge in [0.15, 0.2) is 17.3 Å². The van der Waals surface area contributed by atoms with Gasteiger partial charge in [0.1, 0.15) is 30.4 Å². The van der Waals surface area contributed by atoms with Gasteiger partial charge in [0.05, 0.1) is 12.7 Å². The normalized spacial score (nSPS) is 17.7. The molecular formula is C22H26FNO5. The zero-order valence-corrected chi connectivity index (χ0v) is 16.6. The van der Waals surface area contributed by atoms with Crippen LogP contribution in [0.4, 0.5) is 4.39 Å². The molecule has 1 fully saturated rings. The summed E-state index contributed by atoms with van der Waals surface area (Å²) in [7, 11) is 1.51. The standard InChI is InChI=1S/C22H26FNO5/c1-15(25)20-4-3-5-21(27-2)22(20)28-14-17(26)12-24-11-10-19(13-24)29-18-8-6-16(23)7-9-18/h3-9,17,19,26H,10-14H2,1-2H3. The number of Topliss-reactive ketones (excluding diaryl/α,β-unsaturated/α-hetero) is 1. The number of rotatable bonds is 9. The fourth-order valence-electron chi connectivity index (χ4n) is 3.40. The molecule has 0 aromatic heterocycles. The van der Waals surface area contributed by atoms with E-state index in [9.17, 15) is 14.3 Å². The monoisotopic (exact) mass is 403 g/mol. The number of ketones is 1. The van der Waals surface area contributed by atoms with Gasteiger partial charge in [-0.3, -0.25) is 9.69 Å². The van der Waals surface area contributed by atoms with Crippen LogP contribution in [-0.4, -0.2) is 61.3 Å². The number of nitrogens with zero attached hydrogens (tertiary/aromatic N) is 1. The van der Waals surface area contributed by atoms with Gasteiger partial charge in [0.25, 0.3) is 0 Å². The highest BCUT2D eigenvalue weighted by Gasteiger charge is 2.26. The van der Waals surface area contributed by atoms with Crippen molar-refractivity contribution in [3.05, 3.63) is 53.8 Å². The molecule has 156 valence electrons. The molecule has 6 nitrogen and oxygen atoms in total. The number of hydrogen-bond acceptors (Lipinski definition) is 6. The van der Waals surface area contributed by atoms with Crippen LogP contribution in [0.3, 0.4) is 0 Å². The minimum atomic E-state index is -0.732. The summed E-state index contributed by atoms with van der Waals surface area (Å²) >= 11 is 0. The molecule has 3 rings (SSSR count). The Morgan fingerprint density at radius 2 is 2.03 bits per heavy atom. The lowest BCUT2D eigenvalue weighted by Crippen LogP contribution is -2.35. The number of aliphatic hydroxyl groups excluding tert-OH is 1. The first-order valence-corrected chi connectivity index (χ1v) is 9.59. The van der Waals surface area contributed by atoms with Crippen molar-refractivity contribution < 1.29 is 28.5 Å². The molecule has 2 aromatic carbocycles. The first kappa shape index (κ1) is 21.1. The minimum Gasteiger partial charge on any atom is -0.493 e. The van der Waals surface area contributed by atoms with Crippen molar-refractivity contribution in [1.29, 1.82) is 0 Å². The second-order valence-corrected chi connectivity index (χ2v) is 7.10. The maximum Gasteiger partial charge on any atom is 0.172 e. The molecule has 0 amide bonds. The van der Waals surface area contributed by atoms with Crippen LogP contribution < -0.4 is 14.2 Å². The summed E-state index contributed by atoms with van der Waals surface area (Å²) in [6.45, 7) is 3.39. The van der Waals surface area contributed by atoms with Crippen molar-refractivity contribution in [3.8, 4) is 17.2 Å². The van der Waals surface area contributed by atoms with Gasteiger partial charge in [-0.15, -0.1) is 0 Å². The maximum atomic E-state index is 13.0. The zero-order chi connectivity index (χ0) is 20.8. The number of β-amino-alcohol motifs (C(OH)–C–C–N with tert-alkyl or cyclic N) is 1. The third kappa shape index (κ3) is 5.68. The second kappa shape index (κ2) is 9.71. The molecule has 0 aliphatic carbocycles. The lowest BCUT2D eigenvalue weighted by molar-refractivity contribution is 0.0700. The lowest BCUT2D eigenvalue weighted by Gasteiger charge is -2.21. The number of methoxy groups -OCH3 is 1. The molecule has 7 heteroatoms. The van der Waals surface area contributed by atoms with Crippen molar-refractivity contribution in [2.45, 2.75) is 25.6 Å². The van der Waals surface area contributed by atoms with Crippen LogP contribution in [0.1, 0.15) is 23.7 Å². The molecule has 1 heterocycles. The molecule has 29 heavy (non-hydrogen) atoms. The Morgan fingerprint density at radius 1 is 1.28 bits per heavy atom. The number of carbonyl (C=O) groups is 1. The topological polar surface area (TPSA) is 68.2 Å². The molecule has 2 aromatic rings. The van der Waals surface area contributed by atoms with Crippen molar-refractivity contribution >= 4 is 5.78 Å². The molecule has 0 bridgehead atoms. The molecule has 0 radical (unpaired) electrons. The van der Waals surface area contributed by atoms with Gasteiger partial charge >= 0.3 is 0 Å². The van der Waals surface area contributed by atoms with E-state index in [0.717, 1.165) is 13.0 Å². The largest absolute Gasteiger partial charge is 0.493 e. The summed E-state index contributed by atoms with van der Waals surface area (Å²) in [5.74, 6) is 1.01. The summed E-state index contributed by atoms with van der Waals surface area (Å²) in [6, 6.07) is 11.1. The van der Waals surface area contributed by atoms with Crippen LogP contribution in [0.5, 0.6) is 17.2 Å². The SMILES string of the molecule is COc1cccc(C(C)=O)c1OCC(O)CN1CCC(Oc2ccc(F)cc2)C1. The molecular weight excluding hydrogens is 377 g/mol. The highest BCUT2D eigenvalue weighted by molar-refractivity contribution is 5.97. The van der Waals surface area contributed by atoms with Gasteiger partial charge in [0, 0.05) is 19.6 Å². The third-order valence-corrected chi connectivity index (χ3v) is 4.81. The number of likely N-dealkylation sites (tertiary alicyclic amines) is 1. The molecule has 2 unspecified atom stereocenters. The van der Waals surface area contributed by atoms with Crippen LogP contribution in [-0.2, 0) is 0 Å². The van der Waals surface area contributed by atoms with Crippen molar-refractivity contribution in [2.75, 3.05) is 33.4 Å². The van der Waals surface area contributed by atoms with Crippen LogP contribution >= 0.6 is 0 Å². The molecule has 0 saturated carbocycles. The van der Waals surface area contributed by atoms with Gasteiger partial charge in [0.2, 0.25) is 0 Å². The van der Waals surface area contributed by atoms with Crippen LogP contribution in [0.2, 0.25) is 0 Å². The van der Waals surface area contributed by atoms with Gasteiger partial charge < -0.3 is 19.3 Å². The predicted octanol–water partition coefficient (Wildman–Crippen LogP) is 2.93. The number of benzene rings is 2. The van der Waals surface area contributed by atoms with E-state index in [1.165, 1.54) is 26.2 Å². The van der Waals surface area contributed by atoms with E-state index in [2.05, 4.69) is 4.90 Å². The van der Waals surface area contributed by atoms with E-state index < -0.39 is 6.10 Å². The molecule has 1 N–H and O–H groups in total. The van der Waals surface area contributed by atoms with E-state index >= 15 is 0 Å². The highest BCUT2D eigenvalue weighted by Crippen LogP contribution is 2.31. The van der Waals surface area contributed by atoms with Crippen molar-refractivity contribution in [1.82, 2.24) is 4.90 Å². The molecule has 1 aliphatic rings. The number of carbonyl (C=O) groups excluding carboxylic acids is 1. The molecule has 2 atom stereocenters. The first-order valence-electron chi connectivity index (χ1n) is 9.59. The molecule has 1 saturated heterocycles. The van der Waals surface area contributed by atoms with E-state index in [0.29, 0.717) is 35.9 Å². The zero-order valence-electron chi connectivity index (χ0n) is 16.6. The van der Waals surface area contributed by atoms with Gasteiger partial charge in [-0.1, -0.05) is 6.07 Å². The summed E-state index contributed by atoms with van der Waals surface area (Å²) in [4.78, 5) is 13.9. The lowest BCUT2D eigenvalue weighted by atomic mass is 10.1. The van der Waals surface area contributed by atoms with E-state index in [4.69, 9.17) is 14.2 Å². The molecule has 1 aliphatic heterocycles. The molecule has 0 spiro atoms. The third-order valence-electron chi connectivity index (χ3n) is 4.81. The van der Waals surface area contributed by atoms with Gasteiger partial charge in [-0.05, 0) is 49.7 Å². The van der Waals surface area contributed by atoms with E-state index in [1.807, 2.05) is 0 Å². The quantitative estimate of drug-likeness (QED) is 0.650. The maximum absolute atomic E-state index is 13.0. The Hall–Kier alpha value is -2.64. The van der Waals surface area contributed by atoms with Crippen LogP contribution in [0.25, 0.3) is 0 Å². The van der Waals surface area contributed by atoms with Crippen molar-refractivity contribution in [2.24, 2.45) is 0 Å². The number of halogens is 1. The fraction of sp³-hybridized carbons (Fsp3) is 0.409. The highest BCUT2D eigenvalue weighted by atomic mass is 19.1. The number of aliphatic hydroxyl groups is 1. The fourth-order valence-corrected chi connectivity index (χ4v) is 3.40. The van der Waals surface area contributed by atoms with Crippen LogP contribution in [0, 0.1) is 5.82 Å². The number of hydrogen-bond donors (Lipinski definition) is 1. The Labute approximate surface area is 169 Å². The summed E-state index contributed by atoms with van der Waals surface area (Å²) < 4.78 is 29.9. The average molecular weight is 403 g/mol. The summed E-state index contributed by atoms with van der Waals surface area (Å²) in [6.07, 6.45) is 0.0859.